The first-order valence-electron chi connectivity index (χ1n) is 5.84. The Morgan fingerprint density at radius 1 is 1.31 bits per heavy atom. The van der Waals surface area contributed by atoms with Crippen LogP contribution in [0, 0.1) is 18.3 Å². The maximum absolute atomic E-state index is 9.17. The summed E-state index contributed by atoms with van der Waals surface area (Å²) in [5.74, 6) is 0.962. The van der Waals surface area contributed by atoms with Crippen LogP contribution < -0.4 is 4.90 Å². The Bertz CT molecular complexity index is 380. The Hall–Kier alpha value is -1.50. The molecule has 88 valence electrons. The van der Waals surface area contributed by atoms with Gasteiger partial charge in [0, 0.05) is 20.1 Å². The van der Waals surface area contributed by atoms with E-state index in [1.165, 1.54) is 0 Å². The number of anilines is 1. The number of hydrogen-bond acceptors (Lipinski definition) is 3. The third-order valence-corrected chi connectivity index (χ3v) is 2.59. The molecule has 0 aliphatic heterocycles. The van der Waals surface area contributed by atoms with Crippen LogP contribution in [0.2, 0.25) is 0 Å². The number of aromatic nitrogens is 2. The molecule has 0 aromatic carbocycles. The Morgan fingerprint density at radius 2 is 1.88 bits per heavy atom. The van der Waals surface area contributed by atoms with Crippen LogP contribution in [-0.4, -0.2) is 22.9 Å². The highest BCUT2D eigenvalue weighted by molar-refractivity contribution is 5.56. The molecule has 4 nitrogen and oxygen atoms in total. The molecule has 4 heteroatoms. The Morgan fingerprint density at radius 3 is 2.31 bits per heavy atom. The molecule has 0 N–H and O–H groups in total. The molecule has 1 rings (SSSR count). The molecule has 0 unspecified atom stereocenters. The second kappa shape index (κ2) is 5.55. The van der Waals surface area contributed by atoms with Crippen molar-refractivity contribution in [3.8, 4) is 6.07 Å². The number of rotatable bonds is 5. The lowest BCUT2D eigenvalue weighted by molar-refractivity contribution is 0.677. The van der Waals surface area contributed by atoms with Gasteiger partial charge in [0.05, 0.1) is 5.69 Å². The average molecular weight is 220 g/mol. The molecule has 0 amide bonds. The van der Waals surface area contributed by atoms with E-state index >= 15 is 0 Å². The number of nitriles is 1. The monoisotopic (exact) mass is 220 g/mol. The van der Waals surface area contributed by atoms with Gasteiger partial charge in [-0.2, -0.15) is 10.4 Å². The first-order chi connectivity index (χ1) is 7.65. The van der Waals surface area contributed by atoms with Gasteiger partial charge in [0.1, 0.15) is 17.5 Å². The highest BCUT2D eigenvalue weighted by atomic mass is 15.4. The molecule has 0 spiro atoms. The third-order valence-electron chi connectivity index (χ3n) is 2.59. The van der Waals surface area contributed by atoms with Crippen LogP contribution in [0.4, 0.5) is 5.82 Å². The minimum atomic E-state index is 0.712. The van der Waals surface area contributed by atoms with E-state index in [0.717, 1.165) is 37.4 Å². The quantitative estimate of drug-likeness (QED) is 0.764. The van der Waals surface area contributed by atoms with Crippen molar-refractivity contribution < 1.29 is 0 Å². The summed E-state index contributed by atoms with van der Waals surface area (Å²) in [5, 5.41) is 13.5. The van der Waals surface area contributed by atoms with Crippen molar-refractivity contribution in [3.63, 3.8) is 0 Å². The molecule has 0 aliphatic rings. The van der Waals surface area contributed by atoms with Crippen LogP contribution in [0.15, 0.2) is 0 Å². The maximum atomic E-state index is 9.17. The molecule has 0 fully saturated rings. The zero-order valence-corrected chi connectivity index (χ0v) is 10.6. The van der Waals surface area contributed by atoms with Crippen LogP contribution in [0.25, 0.3) is 0 Å². The lowest BCUT2D eigenvalue weighted by Gasteiger charge is -2.23. The van der Waals surface area contributed by atoms with Crippen LogP contribution in [0.1, 0.15) is 37.9 Å². The highest BCUT2D eigenvalue weighted by Crippen LogP contribution is 2.22. The maximum Gasteiger partial charge on any atom is 0.144 e. The van der Waals surface area contributed by atoms with Gasteiger partial charge >= 0.3 is 0 Å². The van der Waals surface area contributed by atoms with Crippen molar-refractivity contribution in [1.29, 1.82) is 5.26 Å². The van der Waals surface area contributed by atoms with Gasteiger partial charge in [-0.15, -0.1) is 0 Å². The minimum absolute atomic E-state index is 0.712. The zero-order valence-electron chi connectivity index (χ0n) is 10.6. The number of nitrogens with zero attached hydrogens (tertiary/aromatic N) is 4. The predicted molar refractivity (Wildman–Crippen MR) is 65.5 cm³/mol. The van der Waals surface area contributed by atoms with E-state index < -0.39 is 0 Å². The molecule has 16 heavy (non-hydrogen) atoms. The summed E-state index contributed by atoms with van der Waals surface area (Å²) in [5.41, 5.74) is 1.53. The second-order valence-corrected chi connectivity index (χ2v) is 4.01. The van der Waals surface area contributed by atoms with Crippen LogP contribution in [0.5, 0.6) is 0 Å². The minimum Gasteiger partial charge on any atom is -0.356 e. The fraction of sp³-hybridized carbons (Fsp3) is 0.667. The van der Waals surface area contributed by atoms with Gasteiger partial charge < -0.3 is 4.90 Å². The topological polar surface area (TPSA) is 44.9 Å². The van der Waals surface area contributed by atoms with E-state index in [1.807, 2.05) is 18.7 Å². The van der Waals surface area contributed by atoms with Gasteiger partial charge in [0.25, 0.3) is 0 Å². The van der Waals surface area contributed by atoms with Crippen molar-refractivity contribution in [2.24, 2.45) is 7.05 Å². The number of hydrogen-bond donors (Lipinski definition) is 0. The molecule has 0 radical (unpaired) electrons. The van der Waals surface area contributed by atoms with E-state index in [4.69, 9.17) is 5.26 Å². The zero-order chi connectivity index (χ0) is 12.1. The molecular formula is C12H20N4. The fourth-order valence-electron chi connectivity index (χ4n) is 2.00. The molecule has 1 aromatic heterocycles. The van der Waals surface area contributed by atoms with Gasteiger partial charge in [-0.3, -0.25) is 4.68 Å². The lowest BCUT2D eigenvalue weighted by atomic mass is 10.2. The largest absolute Gasteiger partial charge is 0.356 e. The van der Waals surface area contributed by atoms with Crippen molar-refractivity contribution in [3.05, 3.63) is 11.3 Å². The smallest absolute Gasteiger partial charge is 0.144 e. The van der Waals surface area contributed by atoms with Crippen molar-refractivity contribution in [1.82, 2.24) is 9.78 Å². The van der Waals surface area contributed by atoms with Gasteiger partial charge in [-0.05, 0) is 19.8 Å². The van der Waals surface area contributed by atoms with E-state index in [9.17, 15) is 0 Å². The Labute approximate surface area is 97.5 Å². The third kappa shape index (κ3) is 2.35. The summed E-state index contributed by atoms with van der Waals surface area (Å²) in [4.78, 5) is 2.25. The van der Waals surface area contributed by atoms with Gasteiger partial charge in [-0.1, -0.05) is 13.8 Å². The molecule has 0 bridgehead atoms. The van der Waals surface area contributed by atoms with Gasteiger partial charge in [-0.25, -0.2) is 0 Å². The summed E-state index contributed by atoms with van der Waals surface area (Å²) < 4.78 is 1.82. The molecule has 0 atom stereocenters. The van der Waals surface area contributed by atoms with Crippen LogP contribution in [-0.2, 0) is 7.05 Å². The SMILES string of the molecule is CCCN(CCC)c1c(C#N)c(C)nn1C. The van der Waals surface area contributed by atoms with Crippen LogP contribution >= 0.6 is 0 Å². The first-order valence-corrected chi connectivity index (χ1v) is 5.84. The standard InChI is InChI=1S/C12H20N4/c1-5-7-16(8-6-2)12-11(9-13)10(3)14-15(12)4/h5-8H2,1-4H3. The molecule has 0 saturated heterocycles. The Balaban J connectivity index is 3.12. The normalized spacial score (nSPS) is 10.2. The lowest BCUT2D eigenvalue weighted by Crippen LogP contribution is -2.27. The van der Waals surface area contributed by atoms with Gasteiger partial charge in [0.2, 0.25) is 0 Å². The first kappa shape index (κ1) is 12.6. The van der Waals surface area contributed by atoms with Crippen molar-refractivity contribution in [2.45, 2.75) is 33.6 Å². The summed E-state index contributed by atoms with van der Waals surface area (Å²) in [6, 6.07) is 2.26. The average Bonchev–Trinajstić information content (AvgIpc) is 2.52. The number of aryl methyl sites for hydroxylation is 2. The van der Waals surface area contributed by atoms with Crippen molar-refractivity contribution in [2.75, 3.05) is 18.0 Å². The van der Waals surface area contributed by atoms with E-state index in [0.29, 0.717) is 5.56 Å². The summed E-state index contributed by atoms with van der Waals surface area (Å²) in [6.45, 7) is 8.14. The summed E-state index contributed by atoms with van der Waals surface area (Å²) in [7, 11) is 1.90. The second-order valence-electron chi connectivity index (χ2n) is 4.01. The Kier molecular flexibility index (Phi) is 4.36. The molecule has 0 saturated carbocycles. The van der Waals surface area contributed by atoms with Gasteiger partial charge in [0.15, 0.2) is 0 Å². The molecule has 1 aromatic rings. The molecule has 1 heterocycles. The highest BCUT2D eigenvalue weighted by Gasteiger charge is 2.17. The summed E-state index contributed by atoms with van der Waals surface area (Å²) >= 11 is 0. The van der Waals surface area contributed by atoms with E-state index in [2.05, 4.69) is 29.9 Å². The van der Waals surface area contributed by atoms with E-state index in [1.54, 1.807) is 0 Å². The predicted octanol–water partition coefficient (Wildman–Crippen LogP) is 2.23. The summed E-state index contributed by atoms with van der Waals surface area (Å²) in [6.07, 6.45) is 2.16. The molecule has 0 aliphatic carbocycles. The fourth-order valence-corrected chi connectivity index (χ4v) is 2.00. The molecular weight excluding hydrogens is 200 g/mol. The van der Waals surface area contributed by atoms with Crippen molar-refractivity contribution >= 4 is 5.82 Å². The van der Waals surface area contributed by atoms with E-state index in [-0.39, 0.29) is 0 Å². The van der Waals surface area contributed by atoms with Crippen LogP contribution in [0.3, 0.4) is 0 Å².